The number of pyridine rings is 1. The van der Waals surface area contributed by atoms with Gasteiger partial charge in [-0.1, -0.05) is 12.1 Å². The number of nitrogens with zero attached hydrogens (tertiary/aromatic N) is 6. The summed E-state index contributed by atoms with van der Waals surface area (Å²) in [5.41, 5.74) is 4.33. The van der Waals surface area contributed by atoms with E-state index >= 15 is 0 Å². The lowest BCUT2D eigenvalue weighted by Crippen LogP contribution is -2.09. The van der Waals surface area contributed by atoms with E-state index in [-0.39, 0.29) is 0 Å². The first-order valence-electron chi connectivity index (χ1n) is 8.48. The van der Waals surface area contributed by atoms with Gasteiger partial charge in [0.25, 0.3) is 0 Å². The lowest BCUT2D eigenvalue weighted by atomic mass is 10.3. The van der Waals surface area contributed by atoms with E-state index < -0.39 is 0 Å². The minimum absolute atomic E-state index is 0.495. The van der Waals surface area contributed by atoms with Crippen LogP contribution in [0.3, 0.4) is 0 Å². The largest absolute Gasteiger partial charge is 0.361 e. The number of imidazole rings is 2. The van der Waals surface area contributed by atoms with Crippen LogP contribution in [-0.4, -0.2) is 34.5 Å². The summed E-state index contributed by atoms with van der Waals surface area (Å²) in [6.45, 7) is 0.495. The van der Waals surface area contributed by atoms with Crippen molar-refractivity contribution in [1.82, 2.24) is 34.5 Å². The van der Waals surface area contributed by atoms with Crippen molar-refractivity contribution < 1.29 is 0 Å². The molecule has 5 aromatic rings. The molecule has 28 heavy (non-hydrogen) atoms. The van der Waals surface area contributed by atoms with Crippen molar-refractivity contribution in [3.63, 3.8) is 0 Å². The Morgan fingerprint density at radius 3 is 2.79 bits per heavy atom. The van der Waals surface area contributed by atoms with Gasteiger partial charge < -0.3 is 10.3 Å². The van der Waals surface area contributed by atoms with E-state index in [9.17, 15) is 0 Å². The van der Waals surface area contributed by atoms with Gasteiger partial charge in [-0.3, -0.25) is 9.55 Å². The highest BCUT2D eigenvalue weighted by atomic mass is 15.1. The van der Waals surface area contributed by atoms with Gasteiger partial charge in [0.15, 0.2) is 11.5 Å². The molecule has 5 rings (SSSR count). The molecule has 0 aliphatic carbocycles. The third kappa shape index (κ3) is 3.01. The second kappa shape index (κ2) is 7.55. The van der Waals surface area contributed by atoms with Crippen LogP contribution in [-0.2, 0) is 6.54 Å². The molecule has 4 heterocycles. The van der Waals surface area contributed by atoms with E-state index in [2.05, 4.69) is 53.7 Å². The fraction of sp³-hybridized carbons (Fsp3) is 0.0500. The van der Waals surface area contributed by atoms with Crippen molar-refractivity contribution in [2.75, 3.05) is 5.32 Å². The summed E-state index contributed by atoms with van der Waals surface area (Å²) in [4.78, 5) is 24.7. The number of anilines is 1. The van der Waals surface area contributed by atoms with E-state index in [1.165, 1.54) is 6.33 Å². The standard InChI is InChI=1S/C18H14N8.C2H2/c1-2-6-14-13(5-1)25-15(26(14)12-4-3-7-19-8-12)9-20-17-16-18(22-10-21-16)24-11-23-17;1-2/h1-8,10-11H,9H2,(H2,20,21,22,23,24);1-2H. The molecule has 2 N–H and O–H groups in total. The number of aromatic amines is 1. The molecule has 0 aliphatic heterocycles. The molecular formula is C20H16N8. The Labute approximate surface area is 160 Å². The minimum Gasteiger partial charge on any atom is -0.361 e. The van der Waals surface area contributed by atoms with Gasteiger partial charge in [-0.05, 0) is 24.3 Å². The number of nitrogens with one attached hydrogen (secondary N) is 2. The fourth-order valence-corrected chi connectivity index (χ4v) is 3.03. The molecule has 8 nitrogen and oxygen atoms in total. The van der Waals surface area contributed by atoms with Crippen LogP contribution in [0.1, 0.15) is 5.82 Å². The average molecular weight is 368 g/mol. The highest BCUT2D eigenvalue weighted by Gasteiger charge is 2.13. The smallest absolute Gasteiger partial charge is 0.182 e. The van der Waals surface area contributed by atoms with Crippen LogP contribution in [0.15, 0.2) is 61.4 Å². The number of aromatic nitrogens is 7. The summed E-state index contributed by atoms with van der Waals surface area (Å²) in [5, 5.41) is 3.34. The lowest BCUT2D eigenvalue weighted by Gasteiger charge is -2.10. The Morgan fingerprint density at radius 2 is 1.93 bits per heavy atom. The topological polar surface area (TPSA) is 97.2 Å². The number of rotatable bonds is 4. The molecule has 1 aromatic carbocycles. The predicted octanol–water partition coefficient (Wildman–Crippen LogP) is 2.95. The zero-order chi connectivity index (χ0) is 19.3. The summed E-state index contributed by atoms with van der Waals surface area (Å²) in [7, 11) is 0. The molecule has 8 heteroatoms. The van der Waals surface area contributed by atoms with E-state index in [0.717, 1.165) is 28.1 Å². The van der Waals surface area contributed by atoms with Gasteiger partial charge >= 0.3 is 0 Å². The monoisotopic (exact) mass is 368 g/mol. The Kier molecular flexibility index (Phi) is 4.63. The second-order valence-corrected chi connectivity index (χ2v) is 5.74. The highest BCUT2D eigenvalue weighted by molar-refractivity contribution is 5.82. The van der Waals surface area contributed by atoms with Gasteiger partial charge in [0.2, 0.25) is 0 Å². The van der Waals surface area contributed by atoms with E-state index in [4.69, 9.17) is 4.98 Å². The van der Waals surface area contributed by atoms with Crippen molar-refractivity contribution in [3.8, 4) is 18.5 Å². The molecule has 0 atom stereocenters. The second-order valence-electron chi connectivity index (χ2n) is 5.74. The molecule has 0 aliphatic rings. The summed E-state index contributed by atoms with van der Waals surface area (Å²) in [6, 6.07) is 12.0. The third-order valence-corrected chi connectivity index (χ3v) is 4.17. The van der Waals surface area contributed by atoms with Crippen LogP contribution in [0.5, 0.6) is 0 Å². The number of fused-ring (bicyclic) bond motifs is 2. The Morgan fingerprint density at radius 1 is 1.04 bits per heavy atom. The van der Waals surface area contributed by atoms with Crippen molar-refractivity contribution in [2.45, 2.75) is 6.54 Å². The van der Waals surface area contributed by atoms with Crippen LogP contribution >= 0.6 is 0 Å². The maximum Gasteiger partial charge on any atom is 0.182 e. The van der Waals surface area contributed by atoms with Crippen LogP contribution in [0.4, 0.5) is 5.82 Å². The van der Waals surface area contributed by atoms with Crippen LogP contribution in [0, 0.1) is 12.8 Å². The van der Waals surface area contributed by atoms with Gasteiger partial charge in [0.1, 0.15) is 17.7 Å². The van der Waals surface area contributed by atoms with E-state index in [1.807, 2.05) is 36.5 Å². The van der Waals surface area contributed by atoms with E-state index in [0.29, 0.717) is 18.0 Å². The third-order valence-electron chi connectivity index (χ3n) is 4.17. The van der Waals surface area contributed by atoms with Crippen molar-refractivity contribution in [1.29, 1.82) is 0 Å². The Balaban J connectivity index is 0.000000932. The van der Waals surface area contributed by atoms with Gasteiger partial charge in [-0.25, -0.2) is 19.9 Å². The Bertz CT molecular complexity index is 1240. The molecule has 136 valence electrons. The first-order valence-corrected chi connectivity index (χ1v) is 8.48. The number of benzene rings is 1. The molecule has 0 fully saturated rings. The molecule has 0 bridgehead atoms. The highest BCUT2D eigenvalue weighted by Crippen LogP contribution is 2.22. The first-order chi connectivity index (χ1) is 13.9. The molecule has 0 spiro atoms. The number of hydrogen-bond donors (Lipinski definition) is 2. The predicted molar refractivity (Wildman–Crippen MR) is 108 cm³/mol. The van der Waals surface area contributed by atoms with Crippen LogP contribution in [0.2, 0.25) is 0 Å². The van der Waals surface area contributed by atoms with Crippen molar-refractivity contribution in [2.24, 2.45) is 0 Å². The zero-order valence-electron chi connectivity index (χ0n) is 14.8. The summed E-state index contributed by atoms with van der Waals surface area (Å²) in [6.07, 6.45) is 14.7. The normalized spacial score (nSPS) is 10.5. The van der Waals surface area contributed by atoms with Crippen molar-refractivity contribution >= 4 is 28.0 Å². The molecule has 0 radical (unpaired) electrons. The SMILES string of the molecule is C#C.c1cncc(-n2c(CNc3ncnc4nc[nH]c34)nc3ccccc32)c1. The molecule has 4 aromatic heterocycles. The number of para-hydroxylation sites is 2. The van der Waals surface area contributed by atoms with E-state index in [1.54, 1.807) is 12.5 Å². The average Bonchev–Trinajstić information content (AvgIpc) is 3.39. The molecule has 0 unspecified atom stereocenters. The van der Waals surface area contributed by atoms with Gasteiger partial charge in [-0.15, -0.1) is 12.8 Å². The quantitative estimate of drug-likeness (QED) is 0.473. The van der Waals surface area contributed by atoms with Gasteiger partial charge in [-0.2, -0.15) is 0 Å². The number of H-pyrrole nitrogens is 1. The van der Waals surface area contributed by atoms with Gasteiger partial charge in [0.05, 0.1) is 35.8 Å². The number of hydrogen-bond acceptors (Lipinski definition) is 6. The lowest BCUT2D eigenvalue weighted by molar-refractivity contribution is 0.906. The number of terminal acetylenes is 1. The molecule has 0 saturated carbocycles. The van der Waals surface area contributed by atoms with Crippen LogP contribution < -0.4 is 5.32 Å². The molecular weight excluding hydrogens is 352 g/mol. The zero-order valence-corrected chi connectivity index (χ0v) is 14.8. The maximum absolute atomic E-state index is 4.78. The minimum atomic E-state index is 0.495. The molecule has 0 amide bonds. The van der Waals surface area contributed by atoms with Gasteiger partial charge in [0, 0.05) is 6.20 Å². The Hall–Kier alpha value is -4.25. The summed E-state index contributed by atoms with van der Waals surface area (Å²) in [5.74, 6) is 1.56. The molecule has 0 saturated heterocycles. The first kappa shape index (κ1) is 17.2. The van der Waals surface area contributed by atoms with Crippen LogP contribution in [0.25, 0.3) is 27.9 Å². The fourth-order valence-electron chi connectivity index (χ4n) is 3.03. The summed E-state index contributed by atoms with van der Waals surface area (Å²) >= 11 is 0. The summed E-state index contributed by atoms with van der Waals surface area (Å²) < 4.78 is 2.10. The maximum atomic E-state index is 4.78. The van der Waals surface area contributed by atoms with Crippen molar-refractivity contribution in [3.05, 3.63) is 67.3 Å².